The Morgan fingerprint density at radius 1 is 1.12 bits per heavy atom. The van der Waals surface area contributed by atoms with Crippen molar-refractivity contribution in [3.63, 3.8) is 0 Å². The lowest BCUT2D eigenvalue weighted by Crippen LogP contribution is -2.47. The molecule has 0 N–H and O–H groups in total. The van der Waals surface area contributed by atoms with Crippen molar-refractivity contribution in [3.05, 3.63) is 0 Å². The fourth-order valence-corrected chi connectivity index (χ4v) is 3.16. The SMILES string of the molecule is CCCCCC[N+]1(OS(C)(=O)=O)CCCC1. The molecule has 1 aliphatic rings. The summed E-state index contributed by atoms with van der Waals surface area (Å²) in [6.07, 6.45) is 7.95. The van der Waals surface area contributed by atoms with E-state index in [-0.39, 0.29) is 0 Å². The molecule has 0 amide bonds. The van der Waals surface area contributed by atoms with Crippen LogP contribution in [0.2, 0.25) is 0 Å². The number of quaternary nitrogens is 1. The molecule has 5 heteroatoms. The molecule has 0 bridgehead atoms. The van der Waals surface area contributed by atoms with Crippen molar-refractivity contribution < 1.29 is 17.3 Å². The number of hydroxylamine groups is 3. The Morgan fingerprint density at radius 2 is 1.75 bits per heavy atom. The highest BCUT2D eigenvalue weighted by molar-refractivity contribution is 7.85. The molecule has 0 radical (unpaired) electrons. The third-order valence-electron chi connectivity index (χ3n) is 3.09. The van der Waals surface area contributed by atoms with Gasteiger partial charge in [0.15, 0.2) is 0 Å². The van der Waals surface area contributed by atoms with E-state index < -0.39 is 10.1 Å². The van der Waals surface area contributed by atoms with E-state index in [1.54, 1.807) is 0 Å². The second-order valence-electron chi connectivity index (χ2n) is 4.78. The molecule has 1 fully saturated rings. The topological polar surface area (TPSA) is 43.4 Å². The lowest BCUT2D eigenvalue weighted by molar-refractivity contribution is -1.07. The second-order valence-corrected chi connectivity index (χ2v) is 6.33. The van der Waals surface area contributed by atoms with Crippen LogP contribution in [0.25, 0.3) is 0 Å². The van der Waals surface area contributed by atoms with Gasteiger partial charge < -0.3 is 0 Å². The zero-order chi connectivity index (χ0) is 12.1. The second kappa shape index (κ2) is 5.98. The third-order valence-corrected chi connectivity index (χ3v) is 3.68. The van der Waals surface area contributed by atoms with Gasteiger partial charge in [-0.2, -0.15) is 13.1 Å². The number of hydrogen-bond donors (Lipinski definition) is 0. The summed E-state index contributed by atoms with van der Waals surface area (Å²) in [5.41, 5.74) is 0. The van der Waals surface area contributed by atoms with Crippen molar-refractivity contribution in [1.29, 1.82) is 0 Å². The van der Waals surface area contributed by atoms with Gasteiger partial charge in [0.05, 0.1) is 6.26 Å². The summed E-state index contributed by atoms with van der Waals surface area (Å²) in [4.78, 5) is 0. The van der Waals surface area contributed by atoms with Gasteiger partial charge in [-0.1, -0.05) is 24.0 Å². The largest absolute Gasteiger partial charge is 0.311 e. The molecular formula is C11H24NO3S+. The van der Waals surface area contributed by atoms with E-state index in [0.717, 1.165) is 45.2 Å². The number of unbranched alkanes of at least 4 members (excludes halogenated alkanes) is 3. The van der Waals surface area contributed by atoms with Gasteiger partial charge in [-0.25, -0.2) is 0 Å². The first-order valence-electron chi connectivity index (χ1n) is 6.25. The van der Waals surface area contributed by atoms with E-state index in [0.29, 0.717) is 4.65 Å². The van der Waals surface area contributed by atoms with E-state index in [2.05, 4.69) is 6.92 Å². The van der Waals surface area contributed by atoms with Gasteiger partial charge in [-0.15, -0.1) is 0 Å². The van der Waals surface area contributed by atoms with Crippen LogP contribution in [0, 0.1) is 0 Å². The number of likely N-dealkylation sites (tertiary alicyclic amines) is 1. The zero-order valence-corrected chi connectivity index (χ0v) is 11.3. The third kappa shape index (κ3) is 4.80. The summed E-state index contributed by atoms with van der Waals surface area (Å²) < 4.78 is 28.1. The molecule has 0 aromatic rings. The summed E-state index contributed by atoms with van der Waals surface area (Å²) in [5.74, 6) is 0. The Morgan fingerprint density at radius 3 is 2.25 bits per heavy atom. The fraction of sp³-hybridized carbons (Fsp3) is 1.00. The maximum absolute atomic E-state index is 11.2. The first-order valence-corrected chi connectivity index (χ1v) is 8.06. The minimum atomic E-state index is -3.34. The summed E-state index contributed by atoms with van der Waals surface area (Å²) >= 11 is 0. The van der Waals surface area contributed by atoms with Crippen molar-refractivity contribution in [2.45, 2.75) is 45.4 Å². The van der Waals surface area contributed by atoms with Gasteiger partial charge in [0.25, 0.3) is 0 Å². The molecule has 96 valence electrons. The first-order chi connectivity index (χ1) is 7.47. The number of hydrogen-bond acceptors (Lipinski definition) is 3. The van der Waals surface area contributed by atoms with Crippen LogP contribution in [0.15, 0.2) is 0 Å². The molecule has 1 saturated heterocycles. The Labute approximate surface area is 99.3 Å². The van der Waals surface area contributed by atoms with E-state index in [1.807, 2.05) is 0 Å². The molecule has 1 heterocycles. The molecule has 0 aliphatic carbocycles. The van der Waals surface area contributed by atoms with Gasteiger partial charge >= 0.3 is 10.1 Å². The average molecular weight is 250 g/mol. The van der Waals surface area contributed by atoms with Gasteiger partial charge in [0.2, 0.25) is 0 Å². The summed E-state index contributed by atoms with van der Waals surface area (Å²) in [6, 6.07) is 0. The van der Waals surface area contributed by atoms with Crippen molar-refractivity contribution in [2.75, 3.05) is 25.9 Å². The number of nitrogens with zero attached hydrogens (tertiary/aromatic N) is 1. The average Bonchev–Trinajstić information content (AvgIpc) is 2.59. The molecule has 0 saturated carbocycles. The van der Waals surface area contributed by atoms with Crippen LogP contribution in [0.1, 0.15) is 45.4 Å². The summed E-state index contributed by atoms with van der Waals surface area (Å²) in [7, 11) is -3.34. The molecule has 0 atom stereocenters. The smallest absolute Gasteiger partial charge is 0.195 e. The molecule has 1 aliphatic heterocycles. The van der Waals surface area contributed by atoms with Crippen molar-refractivity contribution in [1.82, 2.24) is 0 Å². The highest BCUT2D eigenvalue weighted by Gasteiger charge is 2.37. The standard InChI is InChI=1S/C11H24NO3S/c1-3-4-5-6-9-12(10-7-8-11-12)15-16(2,13)14/h3-11H2,1-2H3/q+1. The van der Waals surface area contributed by atoms with E-state index in [1.165, 1.54) is 19.3 Å². The summed E-state index contributed by atoms with van der Waals surface area (Å²) in [6.45, 7) is 4.71. The minimum Gasteiger partial charge on any atom is -0.195 e. The predicted molar refractivity (Wildman–Crippen MR) is 64.2 cm³/mol. The Bertz CT molecular complexity index is 294. The fourth-order valence-electron chi connectivity index (χ4n) is 2.36. The van der Waals surface area contributed by atoms with Crippen LogP contribution in [0.3, 0.4) is 0 Å². The molecule has 0 aromatic carbocycles. The van der Waals surface area contributed by atoms with Crippen LogP contribution in [0.4, 0.5) is 0 Å². The van der Waals surface area contributed by atoms with E-state index in [4.69, 9.17) is 4.28 Å². The maximum atomic E-state index is 11.2. The van der Waals surface area contributed by atoms with Crippen LogP contribution >= 0.6 is 0 Å². The van der Waals surface area contributed by atoms with Crippen LogP contribution in [-0.4, -0.2) is 39.0 Å². The molecule has 16 heavy (non-hydrogen) atoms. The maximum Gasteiger partial charge on any atom is 0.311 e. The van der Waals surface area contributed by atoms with E-state index in [9.17, 15) is 8.42 Å². The first kappa shape index (κ1) is 13.9. The van der Waals surface area contributed by atoms with Crippen molar-refractivity contribution in [3.8, 4) is 0 Å². The zero-order valence-electron chi connectivity index (χ0n) is 10.4. The summed E-state index contributed by atoms with van der Waals surface area (Å²) in [5, 5.41) is 0. The van der Waals surface area contributed by atoms with Gasteiger partial charge in [0, 0.05) is 12.8 Å². The molecular weight excluding hydrogens is 226 g/mol. The highest BCUT2D eigenvalue weighted by Crippen LogP contribution is 2.23. The van der Waals surface area contributed by atoms with Crippen LogP contribution in [-0.2, 0) is 14.4 Å². The lowest BCUT2D eigenvalue weighted by atomic mass is 10.2. The van der Waals surface area contributed by atoms with Gasteiger partial charge in [-0.3, -0.25) is 0 Å². The highest BCUT2D eigenvalue weighted by atomic mass is 32.2. The molecule has 0 spiro atoms. The molecule has 1 rings (SSSR count). The molecule has 0 aromatic heterocycles. The lowest BCUT2D eigenvalue weighted by Gasteiger charge is -2.29. The van der Waals surface area contributed by atoms with Gasteiger partial charge in [-0.05, 0) is 12.8 Å². The van der Waals surface area contributed by atoms with Crippen molar-refractivity contribution in [2.24, 2.45) is 0 Å². The number of rotatable bonds is 7. The van der Waals surface area contributed by atoms with Crippen LogP contribution < -0.4 is 0 Å². The van der Waals surface area contributed by atoms with Crippen LogP contribution in [0.5, 0.6) is 0 Å². The Hall–Kier alpha value is -0.130. The Kier molecular flexibility index (Phi) is 5.21. The molecule has 0 unspecified atom stereocenters. The van der Waals surface area contributed by atoms with E-state index >= 15 is 0 Å². The monoisotopic (exact) mass is 250 g/mol. The predicted octanol–water partition coefficient (Wildman–Crippen LogP) is 2.07. The Balaban J connectivity index is 2.46. The van der Waals surface area contributed by atoms with Gasteiger partial charge in [0.1, 0.15) is 19.6 Å². The quantitative estimate of drug-likeness (QED) is 0.513. The normalized spacial score (nSPS) is 20.1. The molecule has 4 nitrogen and oxygen atoms in total. The minimum absolute atomic E-state index is 0.336. The van der Waals surface area contributed by atoms with Crippen molar-refractivity contribution >= 4 is 10.1 Å².